The summed E-state index contributed by atoms with van der Waals surface area (Å²) in [6, 6.07) is 16.8. The molecule has 7 heteroatoms. The third kappa shape index (κ3) is 4.42. The number of ether oxygens (including phenoxy) is 1. The smallest absolute Gasteiger partial charge is 0.249 e. The van der Waals surface area contributed by atoms with E-state index in [2.05, 4.69) is 27.3 Å². The molecular weight excluding hydrogens is 494 g/mol. The van der Waals surface area contributed by atoms with Crippen LogP contribution in [0.15, 0.2) is 59.1 Å². The molecule has 0 spiro atoms. The number of nitrogens with two attached hydrogens (primary N) is 1. The molecule has 0 radical (unpaired) electrons. The van der Waals surface area contributed by atoms with E-state index in [-0.39, 0.29) is 17.7 Å². The van der Waals surface area contributed by atoms with Gasteiger partial charge in [-0.1, -0.05) is 46.3 Å². The van der Waals surface area contributed by atoms with Gasteiger partial charge in [-0.25, -0.2) is 0 Å². The van der Waals surface area contributed by atoms with Gasteiger partial charge in [-0.3, -0.25) is 9.59 Å². The number of para-hydroxylation sites is 1. The van der Waals surface area contributed by atoms with Gasteiger partial charge >= 0.3 is 0 Å². The SMILES string of the molecule is COc1ccc2cc(Br)ccc2c1CN1C(=O)C(NC(=O)C(N)C2CC2)CCc2ccccc21. The Kier molecular flexibility index (Phi) is 6.32. The van der Waals surface area contributed by atoms with E-state index in [9.17, 15) is 9.59 Å². The van der Waals surface area contributed by atoms with Crippen LogP contribution in [0.25, 0.3) is 10.8 Å². The van der Waals surface area contributed by atoms with Crippen LogP contribution in [0, 0.1) is 5.92 Å². The van der Waals surface area contributed by atoms with Crippen LogP contribution in [0.5, 0.6) is 5.75 Å². The van der Waals surface area contributed by atoms with Crippen molar-refractivity contribution in [3.8, 4) is 5.75 Å². The fraction of sp³-hybridized carbons (Fsp3) is 0.333. The van der Waals surface area contributed by atoms with E-state index in [1.165, 1.54) is 0 Å². The fourth-order valence-electron chi connectivity index (χ4n) is 4.81. The summed E-state index contributed by atoms with van der Waals surface area (Å²) < 4.78 is 6.69. The average molecular weight is 522 g/mol. The van der Waals surface area contributed by atoms with Crippen LogP contribution in [-0.2, 0) is 22.6 Å². The Morgan fingerprint density at radius 3 is 2.74 bits per heavy atom. The molecule has 2 aliphatic rings. The first-order valence-electron chi connectivity index (χ1n) is 11.7. The van der Waals surface area contributed by atoms with Crippen LogP contribution < -0.4 is 20.7 Å². The van der Waals surface area contributed by atoms with Crippen molar-refractivity contribution in [2.45, 2.75) is 44.3 Å². The topological polar surface area (TPSA) is 84.7 Å². The molecule has 2 atom stereocenters. The molecule has 2 amide bonds. The highest BCUT2D eigenvalue weighted by Gasteiger charge is 2.37. The minimum atomic E-state index is -0.625. The summed E-state index contributed by atoms with van der Waals surface area (Å²) >= 11 is 3.54. The van der Waals surface area contributed by atoms with Gasteiger partial charge in [0.25, 0.3) is 0 Å². The van der Waals surface area contributed by atoms with E-state index in [0.29, 0.717) is 19.4 Å². The summed E-state index contributed by atoms with van der Waals surface area (Å²) in [7, 11) is 1.64. The molecule has 2 unspecified atom stereocenters. The molecule has 34 heavy (non-hydrogen) atoms. The number of aryl methyl sites for hydroxylation is 1. The number of nitrogens with zero attached hydrogens (tertiary/aromatic N) is 1. The lowest BCUT2D eigenvalue weighted by atomic mass is 10.0. The molecule has 0 saturated heterocycles. The van der Waals surface area contributed by atoms with Gasteiger partial charge in [-0.2, -0.15) is 0 Å². The molecule has 1 aliphatic carbocycles. The molecule has 1 saturated carbocycles. The van der Waals surface area contributed by atoms with Crippen LogP contribution >= 0.6 is 15.9 Å². The first-order chi connectivity index (χ1) is 16.5. The summed E-state index contributed by atoms with van der Waals surface area (Å²) in [5.74, 6) is 0.589. The van der Waals surface area contributed by atoms with Crippen molar-refractivity contribution in [3.63, 3.8) is 0 Å². The number of halogens is 1. The van der Waals surface area contributed by atoms with E-state index in [1.54, 1.807) is 12.0 Å². The summed E-state index contributed by atoms with van der Waals surface area (Å²) in [6.45, 7) is 0.332. The molecule has 3 N–H and O–H groups in total. The second kappa shape index (κ2) is 9.39. The minimum absolute atomic E-state index is 0.127. The zero-order valence-electron chi connectivity index (χ0n) is 19.1. The normalized spacial score (nSPS) is 18.9. The van der Waals surface area contributed by atoms with Crippen molar-refractivity contribution in [1.29, 1.82) is 0 Å². The highest BCUT2D eigenvalue weighted by atomic mass is 79.9. The molecular formula is C27H28BrN3O3. The number of amides is 2. The van der Waals surface area contributed by atoms with E-state index < -0.39 is 12.1 Å². The quantitative estimate of drug-likeness (QED) is 0.506. The van der Waals surface area contributed by atoms with Gasteiger partial charge in [0, 0.05) is 15.7 Å². The average Bonchev–Trinajstić information content (AvgIpc) is 3.70. The molecule has 3 aromatic carbocycles. The van der Waals surface area contributed by atoms with E-state index in [4.69, 9.17) is 10.5 Å². The lowest BCUT2D eigenvalue weighted by molar-refractivity contribution is -0.128. The first-order valence-corrected chi connectivity index (χ1v) is 12.5. The van der Waals surface area contributed by atoms with Crippen LogP contribution in [0.1, 0.15) is 30.4 Å². The Hall–Kier alpha value is -2.90. The number of hydrogen-bond acceptors (Lipinski definition) is 4. The van der Waals surface area contributed by atoms with Gasteiger partial charge < -0.3 is 20.7 Å². The number of rotatable bonds is 6. The van der Waals surface area contributed by atoms with Crippen molar-refractivity contribution >= 4 is 44.2 Å². The number of benzene rings is 3. The van der Waals surface area contributed by atoms with E-state index in [1.807, 2.05) is 48.5 Å². The highest BCUT2D eigenvalue weighted by Crippen LogP contribution is 2.35. The number of nitrogens with one attached hydrogen (secondary N) is 1. The number of anilines is 1. The highest BCUT2D eigenvalue weighted by molar-refractivity contribution is 9.10. The third-order valence-corrected chi connectivity index (χ3v) is 7.38. The molecule has 1 aliphatic heterocycles. The summed E-state index contributed by atoms with van der Waals surface area (Å²) in [6.07, 6.45) is 3.18. The molecule has 0 aromatic heterocycles. The van der Waals surface area contributed by atoms with Gasteiger partial charge in [0.15, 0.2) is 0 Å². The fourth-order valence-corrected chi connectivity index (χ4v) is 5.19. The Bertz CT molecular complexity index is 1260. The number of methoxy groups -OCH3 is 1. The number of carbonyl (C=O) groups excluding carboxylic acids is 2. The zero-order valence-corrected chi connectivity index (χ0v) is 20.7. The lowest BCUT2D eigenvalue weighted by Gasteiger charge is -2.28. The molecule has 5 rings (SSSR count). The maximum absolute atomic E-state index is 13.9. The number of carbonyl (C=O) groups is 2. The van der Waals surface area contributed by atoms with Gasteiger partial charge in [0.2, 0.25) is 11.8 Å². The Balaban J connectivity index is 1.53. The molecule has 1 fully saturated rings. The van der Waals surface area contributed by atoms with E-state index >= 15 is 0 Å². The van der Waals surface area contributed by atoms with Crippen molar-refractivity contribution in [1.82, 2.24) is 5.32 Å². The zero-order chi connectivity index (χ0) is 23.8. The second-order valence-electron chi connectivity index (χ2n) is 9.13. The maximum Gasteiger partial charge on any atom is 0.249 e. The molecule has 0 bridgehead atoms. The Morgan fingerprint density at radius 1 is 1.18 bits per heavy atom. The summed E-state index contributed by atoms with van der Waals surface area (Å²) in [5.41, 5.74) is 9.00. The van der Waals surface area contributed by atoms with Crippen molar-refractivity contribution < 1.29 is 14.3 Å². The Morgan fingerprint density at radius 2 is 1.97 bits per heavy atom. The number of hydrogen-bond donors (Lipinski definition) is 2. The number of fused-ring (bicyclic) bond motifs is 2. The maximum atomic E-state index is 13.9. The van der Waals surface area contributed by atoms with Crippen molar-refractivity contribution in [2.24, 2.45) is 11.7 Å². The molecule has 176 valence electrons. The van der Waals surface area contributed by atoms with Gasteiger partial charge in [-0.15, -0.1) is 0 Å². The predicted molar refractivity (Wildman–Crippen MR) is 137 cm³/mol. The van der Waals surface area contributed by atoms with Gasteiger partial charge in [-0.05, 0) is 72.2 Å². The van der Waals surface area contributed by atoms with Gasteiger partial charge in [0.05, 0.1) is 19.7 Å². The van der Waals surface area contributed by atoms with Crippen LogP contribution in [0.4, 0.5) is 5.69 Å². The van der Waals surface area contributed by atoms with E-state index in [0.717, 1.165) is 50.7 Å². The van der Waals surface area contributed by atoms with Crippen molar-refractivity contribution in [2.75, 3.05) is 12.0 Å². The Labute approximate surface area is 207 Å². The van der Waals surface area contributed by atoms with Crippen LogP contribution in [-0.4, -0.2) is 31.0 Å². The van der Waals surface area contributed by atoms with Crippen LogP contribution in [0.3, 0.4) is 0 Å². The molecule has 6 nitrogen and oxygen atoms in total. The monoisotopic (exact) mass is 521 g/mol. The van der Waals surface area contributed by atoms with Crippen molar-refractivity contribution in [3.05, 3.63) is 70.2 Å². The summed E-state index contributed by atoms with van der Waals surface area (Å²) in [4.78, 5) is 28.4. The predicted octanol–water partition coefficient (Wildman–Crippen LogP) is 4.31. The molecule has 3 aromatic rings. The van der Waals surface area contributed by atoms with Gasteiger partial charge in [0.1, 0.15) is 11.8 Å². The lowest BCUT2D eigenvalue weighted by Crippen LogP contribution is -2.52. The standard InChI is InChI=1S/C27H28BrN3O3/c1-34-24-13-9-18-14-19(28)10-11-20(18)21(24)15-31-23-5-3-2-4-16(23)8-12-22(27(31)33)30-26(32)25(29)17-6-7-17/h2-5,9-11,13-14,17,22,25H,6-8,12,15,29H2,1H3,(H,30,32). The second-order valence-corrected chi connectivity index (χ2v) is 10.0. The minimum Gasteiger partial charge on any atom is -0.496 e. The summed E-state index contributed by atoms with van der Waals surface area (Å²) in [5, 5.41) is 5.04. The first kappa shape index (κ1) is 22.9. The molecule has 1 heterocycles. The largest absolute Gasteiger partial charge is 0.496 e. The third-order valence-electron chi connectivity index (χ3n) is 6.88. The van der Waals surface area contributed by atoms with Crippen LogP contribution in [0.2, 0.25) is 0 Å².